The molecule has 0 spiro atoms. The predicted octanol–water partition coefficient (Wildman–Crippen LogP) is 2.67. The third-order valence-corrected chi connectivity index (χ3v) is 7.29. The number of likely N-dealkylation sites (N-methyl/N-ethyl adjacent to an activating group) is 1. The monoisotopic (exact) mass is 478 g/mol. The molecular formula is C27H34N4O4. The van der Waals surface area contributed by atoms with Gasteiger partial charge >= 0.3 is 0 Å². The van der Waals surface area contributed by atoms with Crippen molar-refractivity contribution in [1.82, 2.24) is 15.1 Å². The lowest BCUT2D eigenvalue weighted by atomic mass is 9.76. The van der Waals surface area contributed by atoms with Gasteiger partial charge in [0.25, 0.3) is 0 Å². The van der Waals surface area contributed by atoms with Gasteiger partial charge in [0, 0.05) is 50.1 Å². The summed E-state index contributed by atoms with van der Waals surface area (Å²) in [7, 11) is 2.09. The molecule has 8 nitrogen and oxygen atoms in total. The van der Waals surface area contributed by atoms with Crippen LogP contribution in [0.15, 0.2) is 48.5 Å². The topological polar surface area (TPSA) is 83.1 Å². The summed E-state index contributed by atoms with van der Waals surface area (Å²) in [6.07, 6.45) is 1.79. The molecule has 2 N–H and O–H groups in total. The van der Waals surface area contributed by atoms with E-state index in [1.165, 1.54) is 5.56 Å². The number of fused-ring (bicyclic) bond motifs is 2. The largest absolute Gasteiger partial charge is 0.490 e. The van der Waals surface area contributed by atoms with E-state index in [1.807, 2.05) is 36.4 Å². The van der Waals surface area contributed by atoms with Crippen LogP contribution in [0.5, 0.6) is 11.5 Å². The number of piperidine rings is 1. The van der Waals surface area contributed by atoms with Crippen molar-refractivity contribution in [2.45, 2.75) is 31.3 Å². The third kappa shape index (κ3) is 4.99. The maximum absolute atomic E-state index is 13.3. The van der Waals surface area contributed by atoms with Gasteiger partial charge in [-0.2, -0.15) is 0 Å². The molecule has 0 bridgehead atoms. The maximum Gasteiger partial charge on any atom is 0.238 e. The first-order chi connectivity index (χ1) is 16.9. The van der Waals surface area contributed by atoms with E-state index >= 15 is 0 Å². The van der Waals surface area contributed by atoms with Crippen LogP contribution in [-0.4, -0.2) is 73.6 Å². The Hall–Kier alpha value is -3.10. The molecule has 0 unspecified atom stereocenters. The third-order valence-electron chi connectivity index (χ3n) is 7.29. The minimum atomic E-state index is -0.394. The summed E-state index contributed by atoms with van der Waals surface area (Å²) >= 11 is 0. The van der Waals surface area contributed by atoms with Gasteiger partial charge in [-0.3, -0.25) is 14.5 Å². The lowest BCUT2D eigenvalue weighted by molar-refractivity contribution is -0.122. The molecule has 186 valence electrons. The first-order valence-electron chi connectivity index (χ1n) is 12.4. The summed E-state index contributed by atoms with van der Waals surface area (Å²) in [6.45, 7) is 5.38. The Bertz CT molecular complexity index is 1080. The zero-order valence-corrected chi connectivity index (χ0v) is 20.5. The summed E-state index contributed by atoms with van der Waals surface area (Å²) in [4.78, 5) is 30.0. The Labute approximate surface area is 206 Å². The molecule has 35 heavy (non-hydrogen) atoms. The first-order valence-corrected chi connectivity index (χ1v) is 12.4. The second-order valence-electron chi connectivity index (χ2n) is 9.99. The minimum Gasteiger partial charge on any atom is -0.490 e. The fourth-order valence-electron chi connectivity index (χ4n) is 6.05. The second kappa shape index (κ2) is 9.87. The summed E-state index contributed by atoms with van der Waals surface area (Å²) < 4.78 is 11.5. The smallest absolute Gasteiger partial charge is 0.238 e. The highest BCUT2D eigenvalue weighted by Gasteiger charge is 2.55. The van der Waals surface area contributed by atoms with E-state index < -0.39 is 5.54 Å². The van der Waals surface area contributed by atoms with E-state index in [4.69, 9.17) is 9.47 Å². The van der Waals surface area contributed by atoms with Crippen LogP contribution < -0.4 is 20.1 Å². The fraction of sp³-hybridized carbons (Fsp3) is 0.481. The molecule has 0 aliphatic carbocycles. The molecule has 3 aliphatic rings. The van der Waals surface area contributed by atoms with E-state index in [1.54, 1.807) is 6.92 Å². The number of amides is 2. The Morgan fingerprint density at radius 2 is 1.83 bits per heavy atom. The van der Waals surface area contributed by atoms with Crippen LogP contribution in [-0.2, 0) is 9.59 Å². The number of ether oxygens (including phenoxy) is 2. The van der Waals surface area contributed by atoms with Gasteiger partial charge in [0.15, 0.2) is 11.5 Å². The van der Waals surface area contributed by atoms with Crippen LogP contribution in [0.4, 0.5) is 5.69 Å². The molecule has 5 rings (SSSR count). The number of nitrogens with one attached hydrogen (secondary N) is 2. The number of hydrogen-bond acceptors (Lipinski definition) is 6. The molecule has 0 saturated carbocycles. The average Bonchev–Trinajstić information content (AvgIpc) is 2.94. The fourth-order valence-corrected chi connectivity index (χ4v) is 6.05. The van der Waals surface area contributed by atoms with Gasteiger partial charge in [-0.05, 0) is 37.7 Å². The van der Waals surface area contributed by atoms with Gasteiger partial charge in [-0.15, -0.1) is 0 Å². The normalized spacial score (nSPS) is 26.5. The highest BCUT2D eigenvalue weighted by Crippen LogP contribution is 2.47. The minimum absolute atomic E-state index is 0.0318. The number of rotatable bonds is 5. The van der Waals surface area contributed by atoms with Crippen molar-refractivity contribution in [3.8, 4) is 11.5 Å². The van der Waals surface area contributed by atoms with E-state index in [-0.39, 0.29) is 30.3 Å². The van der Waals surface area contributed by atoms with Crippen molar-refractivity contribution in [3.05, 3.63) is 54.1 Å². The summed E-state index contributed by atoms with van der Waals surface area (Å²) in [5, 5.41) is 6.34. The molecule has 8 heteroatoms. The average molecular weight is 479 g/mol. The van der Waals surface area contributed by atoms with Gasteiger partial charge in [0.2, 0.25) is 11.8 Å². The zero-order chi connectivity index (χ0) is 24.4. The van der Waals surface area contributed by atoms with Crippen molar-refractivity contribution in [2.75, 3.05) is 51.8 Å². The van der Waals surface area contributed by atoms with E-state index in [0.29, 0.717) is 36.9 Å². The highest BCUT2D eigenvalue weighted by molar-refractivity contribution is 5.92. The van der Waals surface area contributed by atoms with Crippen LogP contribution >= 0.6 is 0 Å². The lowest BCUT2D eigenvalue weighted by Crippen LogP contribution is -2.63. The van der Waals surface area contributed by atoms with Crippen LogP contribution in [0.1, 0.15) is 31.4 Å². The molecule has 2 amide bonds. The zero-order valence-electron chi connectivity index (χ0n) is 20.5. The van der Waals surface area contributed by atoms with Crippen LogP contribution in [0.25, 0.3) is 0 Å². The molecule has 3 heterocycles. The van der Waals surface area contributed by atoms with Gasteiger partial charge < -0.3 is 25.0 Å². The van der Waals surface area contributed by atoms with Gasteiger partial charge in [0.05, 0.1) is 25.3 Å². The summed E-state index contributed by atoms with van der Waals surface area (Å²) in [5.41, 5.74) is 1.47. The second-order valence-corrected chi connectivity index (χ2v) is 9.99. The van der Waals surface area contributed by atoms with E-state index in [0.717, 1.165) is 25.9 Å². The number of carbonyl (C=O) groups is 2. The molecule has 2 fully saturated rings. The van der Waals surface area contributed by atoms with Crippen LogP contribution in [0.3, 0.4) is 0 Å². The molecule has 3 atom stereocenters. The molecule has 2 saturated heterocycles. The number of hydrogen-bond donors (Lipinski definition) is 2. The quantitative estimate of drug-likeness (QED) is 0.688. The molecule has 2 aromatic rings. The maximum atomic E-state index is 13.3. The van der Waals surface area contributed by atoms with E-state index in [9.17, 15) is 9.59 Å². The SMILES string of the molecule is CC(=O)N[C@@]12CN(C)CC[C@@H]1[C@@H](c1ccccc1)N(CC(=O)Nc1ccc3c(c1)OCCCO3)C2. The number of nitrogens with zero attached hydrogens (tertiary/aromatic N) is 2. The van der Waals surface area contributed by atoms with Crippen LogP contribution in [0.2, 0.25) is 0 Å². The molecule has 2 aromatic carbocycles. The van der Waals surface area contributed by atoms with Gasteiger partial charge in [-0.1, -0.05) is 30.3 Å². The number of likely N-dealkylation sites (tertiary alicyclic amines) is 2. The Kier molecular flexibility index (Phi) is 6.67. The molecule has 0 aromatic heterocycles. The highest BCUT2D eigenvalue weighted by atomic mass is 16.5. The summed E-state index contributed by atoms with van der Waals surface area (Å²) in [6, 6.07) is 15.9. The van der Waals surface area contributed by atoms with Crippen molar-refractivity contribution in [1.29, 1.82) is 0 Å². The van der Waals surface area contributed by atoms with E-state index in [2.05, 4.69) is 39.6 Å². The van der Waals surface area contributed by atoms with Crippen molar-refractivity contribution in [2.24, 2.45) is 5.92 Å². The predicted molar refractivity (Wildman–Crippen MR) is 134 cm³/mol. The van der Waals surface area contributed by atoms with Crippen molar-refractivity contribution in [3.63, 3.8) is 0 Å². The molecular weight excluding hydrogens is 444 g/mol. The van der Waals surface area contributed by atoms with Crippen LogP contribution in [0, 0.1) is 5.92 Å². The Balaban J connectivity index is 1.38. The standard InChI is InChI=1S/C27H34N4O4/c1-19(32)29-27-17-30(2)12-11-22(27)26(20-7-4-3-5-8-20)31(18-27)16-25(33)28-21-9-10-23-24(15-21)35-14-6-13-34-23/h3-5,7-10,15,22,26H,6,11-14,16-18H2,1-2H3,(H,28,33)(H,29,32)/t22-,26-,27-/m1/s1. The van der Waals surface area contributed by atoms with Gasteiger partial charge in [-0.25, -0.2) is 0 Å². The lowest BCUT2D eigenvalue weighted by Gasteiger charge is -2.44. The Morgan fingerprint density at radius 1 is 1.06 bits per heavy atom. The Morgan fingerprint density at radius 3 is 2.60 bits per heavy atom. The number of benzene rings is 2. The van der Waals surface area contributed by atoms with Crippen molar-refractivity contribution >= 4 is 17.5 Å². The van der Waals surface area contributed by atoms with Gasteiger partial charge in [0.1, 0.15) is 0 Å². The molecule has 0 radical (unpaired) electrons. The summed E-state index contributed by atoms with van der Waals surface area (Å²) in [5.74, 6) is 1.45. The number of carbonyl (C=O) groups excluding carboxylic acids is 2. The molecule has 3 aliphatic heterocycles. The number of anilines is 1. The van der Waals surface area contributed by atoms with Crippen molar-refractivity contribution < 1.29 is 19.1 Å². The first kappa shape index (κ1) is 23.6.